The Bertz CT molecular complexity index is 230. The van der Waals surface area contributed by atoms with Crippen molar-refractivity contribution in [3.63, 3.8) is 0 Å². The molecular weight excluding hydrogens is 184 g/mol. The Labute approximate surface area is 83.3 Å². The van der Waals surface area contributed by atoms with Gasteiger partial charge < -0.3 is 10.6 Å². The first-order chi connectivity index (χ1) is 5.97. The number of carbonyl (C=O) groups excluding carboxylic acids is 1. The zero-order valence-corrected chi connectivity index (χ0v) is 9.12. The zero-order chi connectivity index (χ0) is 9.90. The van der Waals surface area contributed by atoms with Crippen LogP contribution >= 0.6 is 11.8 Å². The molecular formula is C9H16N2OS. The Morgan fingerprint density at radius 3 is 2.69 bits per heavy atom. The molecule has 13 heavy (non-hydrogen) atoms. The van der Waals surface area contributed by atoms with Crippen LogP contribution in [0.4, 0.5) is 4.79 Å². The molecule has 0 aromatic rings. The van der Waals surface area contributed by atoms with Gasteiger partial charge in [-0.3, -0.25) is 0 Å². The highest BCUT2D eigenvalue weighted by molar-refractivity contribution is 8.02. The van der Waals surface area contributed by atoms with Gasteiger partial charge in [0.25, 0.3) is 0 Å². The van der Waals surface area contributed by atoms with Crippen LogP contribution in [0.1, 0.15) is 27.2 Å². The number of carbonyl (C=O) groups is 1. The molecule has 0 spiro atoms. The molecule has 2 N–H and O–H groups in total. The van der Waals surface area contributed by atoms with Crippen molar-refractivity contribution in [2.75, 3.05) is 5.75 Å². The van der Waals surface area contributed by atoms with Crippen LogP contribution in [0, 0.1) is 0 Å². The normalized spacial score (nSPS) is 16.7. The van der Waals surface area contributed by atoms with Crippen LogP contribution in [0.15, 0.2) is 11.1 Å². The fourth-order valence-electron chi connectivity index (χ4n) is 0.997. The van der Waals surface area contributed by atoms with E-state index in [2.05, 4.69) is 10.6 Å². The molecule has 1 rings (SSSR count). The minimum Gasteiger partial charge on any atom is -0.333 e. The third kappa shape index (κ3) is 4.22. The zero-order valence-electron chi connectivity index (χ0n) is 8.31. The fourth-order valence-corrected chi connectivity index (χ4v) is 1.83. The minimum atomic E-state index is -0.170. The first kappa shape index (κ1) is 10.4. The molecule has 4 heteroatoms. The lowest BCUT2D eigenvalue weighted by Gasteiger charge is -2.20. The lowest BCUT2D eigenvalue weighted by molar-refractivity contribution is 0.234. The molecule has 0 aromatic heterocycles. The molecule has 0 unspecified atom stereocenters. The number of hydrogen-bond donors (Lipinski definition) is 2. The van der Waals surface area contributed by atoms with Gasteiger partial charge in [0.2, 0.25) is 0 Å². The summed E-state index contributed by atoms with van der Waals surface area (Å²) in [6.45, 7) is 5.89. The topological polar surface area (TPSA) is 41.1 Å². The van der Waals surface area contributed by atoms with E-state index in [1.165, 1.54) is 0 Å². The second kappa shape index (κ2) is 4.05. The van der Waals surface area contributed by atoms with Gasteiger partial charge in [0.15, 0.2) is 0 Å². The molecule has 1 aliphatic rings. The summed E-state index contributed by atoms with van der Waals surface area (Å²) < 4.78 is 0. The second-order valence-corrected chi connectivity index (χ2v) is 5.07. The molecule has 0 saturated heterocycles. The second-order valence-electron chi connectivity index (χ2n) is 4.09. The average Bonchev–Trinajstić information content (AvgIpc) is 2.34. The molecule has 0 bridgehead atoms. The Morgan fingerprint density at radius 2 is 2.23 bits per heavy atom. The third-order valence-corrected chi connectivity index (χ3v) is 2.37. The van der Waals surface area contributed by atoms with Crippen LogP contribution < -0.4 is 10.6 Å². The Morgan fingerprint density at radius 1 is 1.54 bits per heavy atom. The largest absolute Gasteiger partial charge is 0.333 e. The van der Waals surface area contributed by atoms with Gasteiger partial charge in [-0.2, -0.15) is 0 Å². The summed E-state index contributed by atoms with van der Waals surface area (Å²) in [5, 5.41) is 7.67. The first-order valence-corrected chi connectivity index (χ1v) is 5.42. The van der Waals surface area contributed by atoms with Crippen molar-refractivity contribution in [2.45, 2.75) is 32.7 Å². The first-order valence-electron chi connectivity index (χ1n) is 4.37. The molecule has 0 radical (unpaired) electrons. The van der Waals surface area contributed by atoms with Crippen LogP contribution in [0.3, 0.4) is 0 Å². The van der Waals surface area contributed by atoms with Crippen LogP contribution in [-0.4, -0.2) is 17.3 Å². The molecule has 1 aliphatic heterocycles. The van der Waals surface area contributed by atoms with Crippen LogP contribution in [-0.2, 0) is 0 Å². The predicted molar refractivity (Wildman–Crippen MR) is 56.6 cm³/mol. The monoisotopic (exact) mass is 200 g/mol. The maximum absolute atomic E-state index is 11.3. The van der Waals surface area contributed by atoms with E-state index in [4.69, 9.17) is 0 Å². The smallest absolute Gasteiger partial charge is 0.319 e. The number of allylic oxidation sites excluding steroid dienone is 1. The van der Waals surface area contributed by atoms with Crippen molar-refractivity contribution >= 4 is 17.8 Å². The van der Waals surface area contributed by atoms with E-state index >= 15 is 0 Å². The molecule has 74 valence electrons. The molecule has 0 saturated carbocycles. The summed E-state index contributed by atoms with van der Waals surface area (Å²) in [6, 6.07) is -0.110. The van der Waals surface area contributed by atoms with E-state index in [-0.39, 0.29) is 11.6 Å². The van der Waals surface area contributed by atoms with Crippen molar-refractivity contribution in [1.82, 2.24) is 10.6 Å². The summed E-state index contributed by atoms with van der Waals surface area (Å²) in [7, 11) is 0. The van der Waals surface area contributed by atoms with E-state index in [0.29, 0.717) is 0 Å². The number of rotatable bonds is 1. The van der Waals surface area contributed by atoms with Gasteiger partial charge in [0.1, 0.15) is 0 Å². The maximum Gasteiger partial charge on any atom is 0.319 e. The van der Waals surface area contributed by atoms with Gasteiger partial charge in [0.05, 0.1) is 0 Å². The SMILES string of the molecule is CC(C)(C)NC(=O)NC1=CSCC1. The standard InChI is InChI=1S/C9H16N2OS/c1-9(2,3)11-8(12)10-7-4-5-13-6-7/h6H,4-5H2,1-3H3,(H2,10,11,12). The summed E-state index contributed by atoms with van der Waals surface area (Å²) in [6.07, 6.45) is 0.961. The number of thioether (sulfide) groups is 1. The Kier molecular flexibility index (Phi) is 3.25. The van der Waals surface area contributed by atoms with Crippen molar-refractivity contribution < 1.29 is 4.79 Å². The minimum absolute atomic E-state index is 0.110. The van der Waals surface area contributed by atoms with Crippen LogP contribution in [0.25, 0.3) is 0 Å². The highest BCUT2D eigenvalue weighted by atomic mass is 32.2. The van der Waals surface area contributed by atoms with Crippen LogP contribution in [0.5, 0.6) is 0 Å². The lowest BCUT2D eigenvalue weighted by Crippen LogP contribution is -2.45. The van der Waals surface area contributed by atoms with Gasteiger partial charge in [0, 0.05) is 17.0 Å². The predicted octanol–water partition coefficient (Wildman–Crippen LogP) is 2.06. The quantitative estimate of drug-likeness (QED) is 0.680. The fraction of sp³-hybridized carbons (Fsp3) is 0.667. The highest BCUT2D eigenvalue weighted by Gasteiger charge is 2.15. The van der Waals surface area contributed by atoms with Gasteiger partial charge in [-0.15, -0.1) is 11.8 Å². The molecule has 3 nitrogen and oxygen atoms in total. The summed E-state index contributed by atoms with van der Waals surface area (Å²) in [5.41, 5.74) is 0.850. The summed E-state index contributed by atoms with van der Waals surface area (Å²) in [5.74, 6) is 1.07. The van der Waals surface area contributed by atoms with Crippen LogP contribution in [0.2, 0.25) is 0 Å². The summed E-state index contributed by atoms with van der Waals surface area (Å²) >= 11 is 1.74. The maximum atomic E-state index is 11.3. The van der Waals surface area contributed by atoms with E-state index in [1.54, 1.807) is 11.8 Å². The van der Waals surface area contributed by atoms with Crippen molar-refractivity contribution in [1.29, 1.82) is 0 Å². The van der Waals surface area contributed by atoms with Crippen molar-refractivity contribution in [2.24, 2.45) is 0 Å². The third-order valence-electron chi connectivity index (χ3n) is 1.48. The molecule has 2 amide bonds. The van der Waals surface area contributed by atoms with E-state index in [0.717, 1.165) is 17.9 Å². The van der Waals surface area contributed by atoms with Gasteiger partial charge in [-0.05, 0) is 32.6 Å². The average molecular weight is 200 g/mol. The number of amides is 2. The number of urea groups is 1. The highest BCUT2D eigenvalue weighted by Crippen LogP contribution is 2.19. The molecule has 0 fully saturated rings. The number of hydrogen-bond acceptors (Lipinski definition) is 2. The van der Waals surface area contributed by atoms with Crippen molar-refractivity contribution in [3.8, 4) is 0 Å². The molecule has 0 aromatic carbocycles. The molecule has 0 atom stereocenters. The molecule has 0 aliphatic carbocycles. The van der Waals surface area contributed by atoms with E-state index in [1.807, 2.05) is 26.2 Å². The van der Waals surface area contributed by atoms with Crippen molar-refractivity contribution in [3.05, 3.63) is 11.1 Å². The summed E-state index contributed by atoms with van der Waals surface area (Å²) in [4.78, 5) is 11.3. The molecule has 1 heterocycles. The van der Waals surface area contributed by atoms with Gasteiger partial charge in [-0.25, -0.2) is 4.79 Å². The van der Waals surface area contributed by atoms with Gasteiger partial charge in [-0.1, -0.05) is 0 Å². The van der Waals surface area contributed by atoms with E-state index in [9.17, 15) is 4.79 Å². The van der Waals surface area contributed by atoms with Gasteiger partial charge >= 0.3 is 6.03 Å². The van der Waals surface area contributed by atoms with E-state index < -0.39 is 0 Å². The number of nitrogens with one attached hydrogen (secondary N) is 2. The lowest BCUT2D eigenvalue weighted by atomic mass is 10.1. The Hall–Kier alpha value is -0.640. The Balaban J connectivity index is 2.33.